The molecular weight excluding hydrogens is 301 g/mol. The van der Waals surface area contributed by atoms with Crippen LogP contribution in [-0.4, -0.2) is 0 Å². The van der Waals surface area contributed by atoms with Gasteiger partial charge in [0.1, 0.15) is 6.07 Å². The minimum Gasteiger partial charge on any atom is -0.192 e. The molecule has 2 rings (SSSR count). The summed E-state index contributed by atoms with van der Waals surface area (Å²) in [6.45, 7) is 0. The molecule has 0 radical (unpaired) electrons. The van der Waals surface area contributed by atoms with E-state index in [4.69, 9.17) is 34.8 Å². The monoisotopic (exact) mass is 307 g/mol. The minimum absolute atomic E-state index is 0.332. The van der Waals surface area contributed by atoms with Gasteiger partial charge in [-0.05, 0) is 29.3 Å². The molecule has 0 aliphatic heterocycles. The zero-order valence-electron chi connectivity index (χ0n) is 9.70. The maximum Gasteiger partial charge on any atom is 0.101 e. The van der Waals surface area contributed by atoms with E-state index in [-0.39, 0.29) is 0 Å². The Morgan fingerprint density at radius 2 is 1.47 bits per heavy atom. The van der Waals surface area contributed by atoms with E-state index in [1.165, 1.54) is 0 Å². The van der Waals surface area contributed by atoms with Crippen molar-refractivity contribution < 1.29 is 0 Å². The van der Waals surface area contributed by atoms with Gasteiger partial charge in [-0.2, -0.15) is 5.26 Å². The Kier molecular flexibility index (Phi) is 4.50. The van der Waals surface area contributed by atoms with E-state index < -0.39 is 0 Å². The van der Waals surface area contributed by atoms with Crippen LogP contribution in [0.2, 0.25) is 10.0 Å². The number of benzene rings is 2. The topological polar surface area (TPSA) is 23.8 Å². The molecule has 0 saturated carbocycles. The van der Waals surface area contributed by atoms with Gasteiger partial charge >= 0.3 is 0 Å². The van der Waals surface area contributed by atoms with E-state index in [1.54, 1.807) is 18.2 Å². The van der Waals surface area contributed by atoms with Gasteiger partial charge in [-0.25, -0.2) is 0 Å². The van der Waals surface area contributed by atoms with Crippen molar-refractivity contribution in [1.82, 2.24) is 0 Å². The fraction of sp³-hybridized carbons (Fsp3) is 0. The standard InChI is InChI=1S/C15H8Cl3N/c16-12-6-11(7-13(17)8-12)15(18)14(9-19)10-4-2-1-3-5-10/h1-8H. The summed E-state index contributed by atoms with van der Waals surface area (Å²) in [7, 11) is 0. The van der Waals surface area contributed by atoms with Crippen LogP contribution in [-0.2, 0) is 0 Å². The van der Waals surface area contributed by atoms with Crippen LogP contribution in [0.1, 0.15) is 11.1 Å². The van der Waals surface area contributed by atoms with E-state index in [0.29, 0.717) is 26.2 Å². The Morgan fingerprint density at radius 3 is 2.00 bits per heavy atom. The Labute approximate surface area is 126 Å². The molecule has 0 saturated heterocycles. The highest BCUT2D eigenvalue weighted by atomic mass is 35.5. The maximum atomic E-state index is 9.29. The lowest BCUT2D eigenvalue weighted by Crippen LogP contribution is -1.86. The first kappa shape index (κ1) is 14.0. The van der Waals surface area contributed by atoms with E-state index >= 15 is 0 Å². The second kappa shape index (κ2) is 6.12. The average Bonchev–Trinajstić information content (AvgIpc) is 2.39. The van der Waals surface area contributed by atoms with Gasteiger partial charge < -0.3 is 0 Å². The molecule has 0 N–H and O–H groups in total. The molecule has 0 unspecified atom stereocenters. The van der Waals surface area contributed by atoms with Gasteiger partial charge in [0.05, 0.1) is 10.6 Å². The highest BCUT2D eigenvalue weighted by Crippen LogP contribution is 2.32. The zero-order chi connectivity index (χ0) is 13.8. The van der Waals surface area contributed by atoms with Gasteiger partial charge in [-0.15, -0.1) is 0 Å². The molecule has 0 atom stereocenters. The average molecular weight is 309 g/mol. The molecule has 1 nitrogen and oxygen atoms in total. The second-order valence-corrected chi connectivity index (χ2v) is 5.08. The SMILES string of the molecule is N#CC(=C(Cl)c1cc(Cl)cc(Cl)c1)c1ccccc1. The first-order chi connectivity index (χ1) is 9.11. The molecule has 2 aromatic carbocycles. The Hall–Kier alpha value is -1.46. The normalized spacial score (nSPS) is 11.7. The molecular formula is C15H8Cl3N. The first-order valence-electron chi connectivity index (χ1n) is 5.43. The minimum atomic E-state index is 0.332. The number of hydrogen-bond donors (Lipinski definition) is 0. The third-order valence-corrected chi connectivity index (χ3v) is 3.35. The highest BCUT2D eigenvalue weighted by Gasteiger charge is 2.10. The van der Waals surface area contributed by atoms with Crippen molar-refractivity contribution in [2.45, 2.75) is 0 Å². The molecule has 0 aliphatic carbocycles. The van der Waals surface area contributed by atoms with E-state index in [1.807, 2.05) is 30.3 Å². The lowest BCUT2D eigenvalue weighted by molar-refractivity contribution is 1.52. The lowest BCUT2D eigenvalue weighted by atomic mass is 10.0. The first-order valence-corrected chi connectivity index (χ1v) is 6.57. The van der Waals surface area contributed by atoms with Crippen LogP contribution in [0.25, 0.3) is 10.6 Å². The van der Waals surface area contributed by atoms with Crippen LogP contribution >= 0.6 is 34.8 Å². The molecule has 0 bridgehead atoms. The van der Waals surface area contributed by atoms with Crippen molar-refractivity contribution in [3.8, 4) is 6.07 Å². The van der Waals surface area contributed by atoms with Crippen molar-refractivity contribution >= 4 is 45.4 Å². The van der Waals surface area contributed by atoms with E-state index in [0.717, 1.165) is 5.56 Å². The summed E-state index contributed by atoms with van der Waals surface area (Å²) in [5, 5.41) is 10.6. The van der Waals surface area contributed by atoms with E-state index in [9.17, 15) is 5.26 Å². The number of nitrogens with zero attached hydrogens (tertiary/aromatic N) is 1. The van der Waals surface area contributed by atoms with Gasteiger partial charge in [0.15, 0.2) is 0 Å². The molecule has 0 fully saturated rings. The smallest absolute Gasteiger partial charge is 0.101 e. The van der Waals surface area contributed by atoms with Crippen LogP contribution in [0.3, 0.4) is 0 Å². The molecule has 0 amide bonds. The van der Waals surface area contributed by atoms with Crippen LogP contribution in [0.5, 0.6) is 0 Å². The third-order valence-electron chi connectivity index (χ3n) is 2.51. The Balaban J connectivity index is 2.59. The number of nitriles is 1. The third kappa shape index (κ3) is 3.30. The number of hydrogen-bond acceptors (Lipinski definition) is 1. The highest BCUT2D eigenvalue weighted by molar-refractivity contribution is 6.53. The maximum absolute atomic E-state index is 9.29. The fourth-order valence-corrected chi connectivity index (χ4v) is 2.46. The fourth-order valence-electron chi connectivity index (χ4n) is 1.67. The second-order valence-electron chi connectivity index (χ2n) is 3.82. The summed E-state index contributed by atoms with van der Waals surface area (Å²) < 4.78 is 0. The summed E-state index contributed by atoms with van der Waals surface area (Å²) in [6, 6.07) is 16.3. The van der Waals surface area contributed by atoms with Crippen molar-refractivity contribution in [2.75, 3.05) is 0 Å². The molecule has 2 aromatic rings. The molecule has 19 heavy (non-hydrogen) atoms. The van der Waals surface area contributed by atoms with Crippen molar-refractivity contribution in [2.24, 2.45) is 0 Å². The van der Waals surface area contributed by atoms with Gasteiger partial charge in [0.25, 0.3) is 0 Å². The van der Waals surface area contributed by atoms with Crippen LogP contribution < -0.4 is 0 Å². The lowest BCUT2D eigenvalue weighted by Gasteiger charge is -2.06. The molecule has 4 heteroatoms. The Morgan fingerprint density at radius 1 is 0.895 bits per heavy atom. The van der Waals surface area contributed by atoms with Crippen molar-refractivity contribution in [1.29, 1.82) is 5.26 Å². The molecule has 94 valence electrons. The van der Waals surface area contributed by atoms with Crippen molar-refractivity contribution in [3.05, 3.63) is 69.7 Å². The largest absolute Gasteiger partial charge is 0.192 e. The summed E-state index contributed by atoms with van der Waals surface area (Å²) in [5.74, 6) is 0. The molecule has 0 spiro atoms. The zero-order valence-corrected chi connectivity index (χ0v) is 12.0. The predicted octanol–water partition coefficient (Wildman–Crippen LogP) is 5.62. The Bertz CT molecular complexity index is 649. The van der Waals surface area contributed by atoms with Crippen molar-refractivity contribution in [3.63, 3.8) is 0 Å². The predicted molar refractivity (Wildman–Crippen MR) is 81.2 cm³/mol. The number of allylic oxidation sites excluding steroid dienone is 1. The summed E-state index contributed by atoms with van der Waals surface area (Å²) >= 11 is 18.2. The van der Waals surface area contributed by atoms with Crippen LogP contribution in [0.4, 0.5) is 0 Å². The quantitative estimate of drug-likeness (QED) is 0.521. The number of halogens is 3. The summed E-state index contributed by atoms with van der Waals surface area (Å²) in [6.07, 6.45) is 0. The van der Waals surface area contributed by atoms with Crippen LogP contribution in [0, 0.1) is 11.3 Å². The molecule has 0 aliphatic rings. The number of rotatable bonds is 2. The van der Waals surface area contributed by atoms with Crippen LogP contribution in [0.15, 0.2) is 48.5 Å². The van der Waals surface area contributed by atoms with Gasteiger partial charge in [0, 0.05) is 10.0 Å². The van der Waals surface area contributed by atoms with Gasteiger partial charge in [0.2, 0.25) is 0 Å². The van der Waals surface area contributed by atoms with E-state index in [2.05, 4.69) is 6.07 Å². The summed E-state index contributed by atoms with van der Waals surface area (Å²) in [4.78, 5) is 0. The molecule has 0 heterocycles. The van der Waals surface area contributed by atoms with Gasteiger partial charge in [-0.3, -0.25) is 0 Å². The van der Waals surface area contributed by atoms with Gasteiger partial charge in [-0.1, -0.05) is 65.1 Å². The summed E-state index contributed by atoms with van der Waals surface area (Å²) in [5.41, 5.74) is 1.77. The molecule has 0 aromatic heterocycles.